The average Bonchev–Trinajstić information content (AvgIpc) is 2.93. The number of hydrogen-bond donors (Lipinski definition) is 1. The normalized spacial score (nSPS) is 18.5. The van der Waals surface area contributed by atoms with Crippen molar-refractivity contribution in [1.29, 1.82) is 0 Å². The maximum atomic E-state index is 12.2. The molecule has 1 saturated heterocycles. The van der Waals surface area contributed by atoms with Crippen molar-refractivity contribution >= 4 is 17.2 Å². The summed E-state index contributed by atoms with van der Waals surface area (Å²) >= 11 is 1.75. The minimum atomic E-state index is 0.223. The van der Waals surface area contributed by atoms with E-state index >= 15 is 0 Å². The molecule has 20 heavy (non-hydrogen) atoms. The molecule has 1 aliphatic rings. The summed E-state index contributed by atoms with van der Waals surface area (Å²) in [5.41, 5.74) is 0. The molecule has 0 saturated carbocycles. The molecule has 1 aliphatic heterocycles. The summed E-state index contributed by atoms with van der Waals surface area (Å²) in [6, 6.07) is 4.48. The molecule has 2 rings (SSSR count). The van der Waals surface area contributed by atoms with Crippen LogP contribution in [-0.2, 0) is 4.79 Å². The van der Waals surface area contributed by atoms with Crippen LogP contribution in [0.1, 0.15) is 24.8 Å². The van der Waals surface area contributed by atoms with Gasteiger partial charge in [-0.2, -0.15) is 0 Å². The summed E-state index contributed by atoms with van der Waals surface area (Å²) in [5, 5.41) is 5.53. The van der Waals surface area contributed by atoms with Crippen LogP contribution in [0.25, 0.3) is 0 Å². The van der Waals surface area contributed by atoms with Crippen molar-refractivity contribution in [3.63, 3.8) is 0 Å². The molecule has 0 aromatic carbocycles. The van der Waals surface area contributed by atoms with E-state index in [9.17, 15) is 4.79 Å². The van der Waals surface area contributed by atoms with Crippen LogP contribution < -0.4 is 5.32 Å². The Hall–Kier alpha value is -0.910. The van der Waals surface area contributed by atoms with Crippen molar-refractivity contribution in [3.8, 4) is 0 Å². The number of piperazine rings is 1. The molecule has 0 spiro atoms. The molecule has 5 heteroatoms. The minimum Gasteiger partial charge on any atom is -0.339 e. The van der Waals surface area contributed by atoms with Gasteiger partial charge in [0.2, 0.25) is 5.91 Å². The summed E-state index contributed by atoms with van der Waals surface area (Å²) in [5.74, 6) is 0.703. The number of amides is 1. The fraction of sp³-hybridized carbons (Fsp3) is 0.667. The molecule has 1 fully saturated rings. The number of likely N-dealkylation sites (N-methyl/N-ethyl adjacent to an activating group) is 1. The summed E-state index contributed by atoms with van der Waals surface area (Å²) in [7, 11) is 2.10. The zero-order valence-corrected chi connectivity index (χ0v) is 13.4. The first-order chi connectivity index (χ1) is 9.58. The van der Waals surface area contributed by atoms with Crippen LogP contribution in [0.5, 0.6) is 0 Å². The smallest absolute Gasteiger partial charge is 0.236 e. The highest BCUT2D eigenvalue weighted by Gasteiger charge is 2.21. The lowest BCUT2D eigenvalue weighted by Gasteiger charge is -2.33. The summed E-state index contributed by atoms with van der Waals surface area (Å²) in [6.45, 7) is 8.47. The molecule has 0 radical (unpaired) electrons. The second kappa shape index (κ2) is 7.20. The Morgan fingerprint density at radius 2 is 2.05 bits per heavy atom. The van der Waals surface area contributed by atoms with Crippen LogP contribution in [-0.4, -0.2) is 55.5 Å². The Balaban J connectivity index is 1.85. The van der Waals surface area contributed by atoms with E-state index in [1.165, 1.54) is 4.88 Å². The molecule has 1 atom stereocenters. The number of carbonyl (C=O) groups excluding carboxylic acids is 1. The monoisotopic (exact) mass is 295 g/mol. The molecule has 0 bridgehead atoms. The van der Waals surface area contributed by atoms with E-state index in [2.05, 4.69) is 48.6 Å². The zero-order chi connectivity index (χ0) is 14.5. The molecule has 1 amide bonds. The molecule has 112 valence electrons. The second-order valence-electron chi connectivity index (χ2n) is 5.80. The summed E-state index contributed by atoms with van der Waals surface area (Å²) in [4.78, 5) is 17.8. The Labute approximate surface area is 125 Å². The predicted octanol–water partition coefficient (Wildman–Crippen LogP) is 1.81. The lowest BCUT2D eigenvalue weighted by molar-refractivity contribution is -0.132. The van der Waals surface area contributed by atoms with Crippen LogP contribution in [0.3, 0.4) is 0 Å². The fourth-order valence-electron chi connectivity index (χ4n) is 2.50. The molecule has 2 heterocycles. The van der Waals surface area contributed by atoms with Gasteiger partial charge in [-0.25, -0.2) is 0 Å². The largest absolute Gasteiger partial charge is 0.339 e. The molecular formula is C15H25N3OS. The van der Waals surface area contributed by atoms with Gasteiger partial charge in [-0.1, -0.05) is 19.9 Å². The predicted molar refractivity (Wildman–Crippen MR) is 84.0 cm³/mol. The van der Waals surface area contributed by atoms with Crippen LogP contribution in [0.15, 0.2) is 17.5 Å². The van der Waals surface area contributed by atoms with E-state index in [1.807, 2.05) is 4.90 Å². The highest BCUT2D eigenvalue weighted by molar-refractivity contribution is 7.10. The minimum absolute atomic E-state index is 0.223. The quantitative estimate of drug-likeness (QED) is 0.900. The topological polar surface area (TPSA) is 35.6 Å². The third-order valence-corrected chi connectivity index (χ3v) is 4.80. The first kappa shape index (κ1) is 15.5. The van der Waals surface area contributed by atoms with Crippen LogP contribution >= 0.6 is 11.3 Å². The van der Waals surface area contributed by atoms with Crippen LogP contribution in [0, 0.1) is 5.92 Å². The van der Waals surface area contributed by atoms with Crippen molar-refractivity contribution in [2.45, 2.75) is 19.9 Å². The van der Waals surface area contributed by atoms with Gasteiger partial charge < -0.3 is 15.1 Å². The zero-order valence-electron chi connectivity index (χ0n) is 12.6. The lowest BCUT2D eigenvalue weighted by atomic mass is 10.0. The molecule has 0 aliphatic carbocycles. The van der Waals surface area contributed by atoms with E-state index in [0.717, 1.165) is 26.2 Å². The molecule has 1 N–H and O–H groups in total. The number of thiophene rings is 1. The van der Waals surface area contributed by atoms with Gasteiger partial charge >= 0.3 is 0 Å². The van der Waals surface area contributed by atoms with Gasteiger partial charge in [-0.05, 0) is 24.4 Å². The number of rotatable bonds is 5. The van der Waals surface area contributed by atoms with E-state index in [4.69, 9.17) is 0 Å². The highest BCUT2D eigenvalue weighted by atomic mass is 32.1. The molecule has 4 nitrogen and oxygen atoms in total. The van der Waals surface area contributed by atoms with E-state index in [-0.39, 0.29) is 11.9 Å². The number of nitrogens with zero attached hydrogens (tertiary/aromatic N) is 2. The number of carbonyl (C=O) groups is 1. The lowest BCUT2D eigenvalue weighted by Crippen LogP contribution is -2.50. The molecule has 1 unspecified atom stereocenters. The summed E-state index contributed by atoms with van der Waals surface area (Å²) < 4.78 is 0. The third kappa shape index (κ3) is 4.04. The van der Waals surface area contributed by atoms with Crippen molar-refractivity contribution < 1.29 is 4.79 Å². The second-order valence-corrected chi connectivity index (χ2v) is 6.78. The Morgan fingerprint density at radius 3 is 2.60 bits per heavy atom. The van der Waals surface area contributed by atoms with Gasteiger partial charge in [0.25, 0.3) is 0 Å². The van der Waals surface area contributed by atoms with Crippen LogP contribution in [0.2, 0.25) is 0 Å². The van der Waals surface area contributed by atoms with Gasteiger partial charge in [0.15, 0.2) is 0 Å². The Morgan fingerprint density at radius 1 is 1.35 bits per heavy atom. The van der Waals surface area contributed by atoms with Gasteiger partial charge in [-0.15, -0.1) is 11.3 Å². The fourth-order valence-corrected chi connectivity index (χ4v) is 3.47. The number of hydrogen-bond acceptors (Lipinski definition) is 4. The first-order valence-corrected chi connectivity index (χ1v) is 8.19. The molecule has 1 aromatic heterocycles. The van der Waals surface area contributed by atoms with Crippen molar-refractivity contribution in [2.75, 3.05) is 39.8 Å². The summed E-state index contributed by atoms with van der Waals surface area (Å²) in [6.07, 6.45) is 0. The molecule has 1 aromatic rings. The SMILES string of the molecule is CC(C)C(NCC(=O)N1CCN(C)CC1)c1cccs1. The van der Waals surface area contributed by atoms with E-state index in [0.29, 0.717) is 12.5 Å². The standard InChI is InChI=1S/C15H25N3OS/c1-12(2)15(13-5-4-10-20-13)16-11-14(19)18-8-6-17(3)7-9-18/h4-5,10,12,15-16H,6-9,11H2,1-3H3. The van der Waals surface area contributed by atoms with Gasteiger partial charge in [0.05, 0.1) is 6.54 Å². The van der Waals surface area contributed by atoms with Crippen LogP contribution in [0.4, 0.5) is 0 Å². The van der Waals surface area contributed by atoms with E-state index in [1.54, 1.807) is 11.3 Å². The van der Waals surface area contributed by atoms with Gasteiger partial charge in [0, 0.05) is 37.1 Å². The van der Waals surface area contributed by atoms with Gasteiger partial charge in [-0.3, -0.25) is 4.79 Å². The van der Waals surface area contributed by atoms with Crippen molar-refractivity contribution in [3.05, 3.63) is 22.4 Å². The first-order valence-electron chi connectivity index (χ1n) is 7.31. The Bertz CT molecular complexity index is 411. The van der Waals surface area contributed by atoms with Crippen molar-refractivity contribution in [1.82, 2.24) is 15.1 Å². The maximum Gasteiger partial charge on any atom is 0.236 e. The third-order valence-electron chi connectivity index (χ3n) is 3.85. The highest BCUT2D eigenvalue weighted by Crippen LogP contribution is 2.25. The maximum absolute atomic E-state index is 12.2. The van der Waals surface area contributed by atoms with Gasteiger partial charge in [0.1, 0.15) is 0 Å². The average molecular weight is 295 g/mol. The van der Waals surface area contributed by atoms with E-state index < -0.39 is 0 Å². The molecular weight excluding hydrogens is 270 g/mol. The number of nitrogens with one attached hydrogen (secondary N) is 1. The Kier molecular flexibility index (Phi) is 5.57. The van der Waals surface area contributed by atoms with Crippen molar-refractivity contribution in [2.24, 2.45) is 5.92 Å².